The quantitative estimate of drug-likeness (QED) is 0.749. The van der Waals surface area contributed by atoms with Crippen LogP contribution in [-0.2, 0) is 13.0 Å². The molecule has 3 rings (SSSR count). The van der Waals surface area contributed by atoms with Crippen LogP contribution < -0.4 is 10.6 Å². The third-order valence-electron chi connectivity index (χ3n) is 5.73. The standard InChI is InChI=1S/C21H34N4O2/c1-15(2)12-13-22-20(26)18-17-11-7-8-14-25(17)19(24-18)21(27)23-16-9-5-3-4-6-10-16/h15-16H,3-14H2,1-2H3,(H,22,26)(H,23,27). The van der Waals surface area contributed by atoms with Gasteiger partial charge in [0.2, 0.25) is 0 Å². The van der Waals surface area contributed by atoms with E-state index in [1.807, 2.05) is 4.57 Å². The lowest BCUT2D eigenvalue weighted by Gasteiger charge is -2.19. The first-order valence-corrected chi connectivity index (χ1v) is 10.7. The van der Waals surface area contributed by atoms with Crippen LogP contribution in [0.1, 0.15) is 98.4 Å². The van der Waals surface area contributed by atoms with E-state index in [4.69, 9.17) is 0 Å². The highest BCUT2D eigenvalue weighted by Gasteiger charge is 2.28. The largest absolute Gasteiger partial charge is 0.351 e. The molecule has 6 heteroatoms. The van der Waals surface area contributed by atoms with Gasteiger partial charge in [-0.1, -0.05) is 39.5 Å². The Kier molecular flexibility index (Phi) is 6.91. The summed E-state index contributed by atoms with van der Waals surface area (Å²) in [5, 5.41) is 6.16. The van der Waals surface area contributed by atoms with Gasteiger partial charge in [0.25, 0.3) is 11.8 Å². The van der Waals surface area contributed by atoms with Gasteiger partial charge in [-0.15, -0.1) is 0 Å². The molecule has 1 aliphatic carbocycles. The summed E-state index contributed by atoms with van der Waals surface area (Å²) in [6, 6.07) is 0.236. The Hall–Kier alpha value is -1.85. The van der Waals surface area contributed by atoms with Gasteiger partial charge in [0, 0.05) is 19.1 Å². The van der Waals surface area contributed by atoms with Crippen LogP contribution in [0.4, 0.5) is 0 Å². The van der Waals surface area contributed by atoms with Gasteiger partial charge in [-0.3, -0.25) is 9.59 Å². The van der Waals surface area contributed by atoms with Gasteiger partial charge in [0.1, 0.15) is 5.69 Å². The molecular formula is C21H34N4O2. The molecule has 0 aromatic carbocycles. The predicted molar refractivity (Wildman–Crippen MR) is 106 cm³/mol. The maximum Gasteiger partial charge on any atom is 0.287 e. The van der Waals surface area contributed by atoms with Crippen molar-refractivity contribution >= 4 is 11.8 Å². The number of fused-ring (bicyclic) bond motifs is 1. The fraction of sp³-hybridized carbons (Fsp3) is 0.762. The number of hydrogen-bond acceptors (Lipinski definition) is 3. The van der Waals surface area contributed by atoms with Crippen LogP contribution in [0.15, 0.2) is 0 Å². The molecule has 2 amide bonds. The van der Waals surface area contributed by atoms with E-state index >= 15 is 0 Å². The average molecular weight is 375 g/mol. The molecule has 150 valence electrons. The Morgan fingerprint density at radius 2 is 1.81 bits per heavy atom. The molecule has 0 spiro atoms. The van der Waals surface area contributed by atoms with Gasteiger partial charge in [-0.2, -0.15) is 0 Å². The molecule has 0 unspecified atom stereocenters. The minimum Gasteiger partial charge on any atom is -0.351 e. The summed E-state index contributed by atoms with van der Waals surface area (Å²) in [5.74, 6) is 0.700. The summed E-state index contributed by atoms with van der Waals surface area (Å²) in [6.45, 7) is 5.70. The van der Waals surface area contributed by atoms with Gasteiger partial charge >= 0.3 is 0 Å². The summed E-state index contributed by atoms with van der Waals surface area (Å²) in [7, 11) is 0. The Morgan fingerprint density at radius 3 is 2.52 bits per heavy atom. The van der Waals surface area contributed by atoms with Gasteiger partial charge < -0.3 is 15.2 Å². The minimum atomic E-state index is -0.144. The number of carbonyl (C=O) groups is 2. The Balaban J connectivity index is 1.73. The smallest absolute Gasteiger partial charge is 0.287 e. The average Bonchev–Trinajstić information content (AvgIpc) is 2.85. The molecular weight excluding hydrogens is 340 g/mol. The van der Waals surface area contributed by atoms with E-state index in [2.05, 4.69) is 29.5 Å². The second-order valence-corrected chi connectivity index (χ2v) is 8.44. The SMILES string of the molecule is CC(C)CCNC(=O)c1nc(C(=O)NC2CCCCCC2)n2c1CCCC2. The van der Waals surface area contributed by atoms with Crippen LogP contribution in [0, 0.1) is 5.92 Å². The molecule has 2 heterocycles. The van der Waals surface area contributed by atoms with Crippen molar-refractivity contribution in [3.63, 3.8) is 0 Å². The molecule has 1 aromatic rings. The van der Waals surface area contributed by atoms with Crippen molar-refractivity contribution in [2.75, 3.05) is 6.54 Å². The highest BCUT2D eigenvalue weighted by molar-refractivity contribution is 5.97. The van der Waals surface area contributed by atoms with E-state index in [0.717, 1.165) is 50.8 Å². The van der Waals surface area contributed by atoms with Gasteiger partial charge in [-0.05, 0) is 44.4 Å². The summed E-state index contributed by atoms with van der Waals surface area (Å²) < 4.78 is 1.98. The van der Waals surface area contributed by atoms with Crippen molar-refractivity contribution in [1.29, 1.82) is 0 Å². The number of hydrogen-bond donors (Lipinski definition) is 2. The highest BCUT2D eigenvalue weighted by Crippen LogP contribution is 2.22. The molecule has 1 fully saturated rings. The number of amides is 2. The molecule has 1 saturated carbocycles. The van der Waals surface area contributed by atoms with E-state index in [0.29, 0.717) is 24.0 Å². The molecule has 1 aromatic heterocycles. The van der Waals surface area contributed by atoms with E-state index < -0.39 is 0 Å². The number of nitrogens with zero attached hydrogens (tertiary/aromatic N) is 2. The van der Waals surface area contributed by atoms with Crippen LogP contribution in [0.25, 0.3) is 0 Å². The van der Waals surface area contributed by atoms with Crippen LogP contribution >= 0.6 is 0 Å². The van der Waals surface area contributed by atoms with Crippen LogP contribution in [0.3, 0.4) is 0 Å². The third kappa shape index (κ3) is 5.11. The monoisotopic (exact) mass is 374 g/mol. The van der Waals surface area contributed by atoms with Gasteiger partial charge in [0.15, 0.2) is 5.82 Å². The van der Waals surface area contributed by atoms with Gasteiger partial charge in [-0.25, -0.2) is 4.98 Å². The molecule has 6 nitrogen and oxygen atoms in total. The molecule has 1 aliphatic heterocycles. The Morgan fingerprint density at radius 1 is 1.07 bits per heavy atom. The minimum absolute atomic E-state index is 0.119. The second kappa shape index (κ2) is 9.38. The fourth-order valence-corrected chi connectivity index (χ4v) is 4.13. The third-order valence-corrected chi connectivity index (χ3v) is 5.73. The summed E-state index contributed by atoms with van der Waals surface area (Å²) in [6.07, 6.45) is 10.8. The van der Waals surface area contributed by atoms with Crippen molar-refractivity contribution < 1.29 is 9.59 Å². The van der Waals surface area contributed by atoms with Crippen molar-refractivity contribution in [3.8, 4) is 0 Å². The maximum absolute atomic E-state index is 12.9. The van der Waals surface area contributed by atoms with Crippen LogP contribution in [0.2, 0.25) is 0 Å². The first kappa shape index (κ1) is 19.9. The number of rotatable bonds is 6. The van der Waals surface area contributed by atoms with E-state index in [9.17, 15) is 9.59 Å². The lowest BCUT2D eigenvalue weighted by Crippen LogP contribution is -2.36. The molecule has 27 heavy (non-hydrogen) atoms. The lowest BCUT2D eigenvalue weighted by atomic mass is 10.1. The summed E-state index contributed by atoms with van der Waals surface area (Å²) >= 11 is 0. The number of imidazole rings is 1. The summed E-state index contributed by atoms with van der Waals surface area (Å²) in [4.78, 5) is 30.1. The van der Waals surface area contributed by atoms with E-state index in [1.165, 1.54) is 25.7 Å². The zero-order valence-electron chi connectivity index (χ0n) is 16.9. The molecule has 0 saturated heterocycles. The molecule has 0 bridgehead atoms. The van der Waals surface area contributed by atoms with Crippen molar-refractivity contribution in [2.45, 2.75) is 90.6 Å². The predicted octanol–water partition coefficient (Wildman–Crippen LogP) is 3.45. The lowest BCUT2D eigenvalue weighted by molar-refractivity contribution is 0.0917. The number of nitrogens with one attached hydrogen (secondary N) is 2. The van der Waals surface area contributed by atoms with E-state index in [-0.39, 0.29) is 17.9 Å². The molecule has 0 atom stereocenters. The second-order valence-electron chi connectivity index (χ2n) is 8.44. The Labute approximate surface area is 162 Å². The topological polar surface area (TPSA) is 76.0 Å². The number of aromatic nitrogens is 2. The van der Waals surface area contributed by atoms with Crippen molar-refractivity contribution in [3.05, 3.63) is 17.2 Å². The van der Waals surface area contributed by atoms with Gasteiger partial charge in [0.05, 0.1) is 5.69 Å². The van der Waals surface area contributed by atoms with Crippen LogP contribution in [0.5, 0.6) is 0 Å². The Bertz CT molecular complexity index is 657. The van der Waals surface area contributed by atoms with E-state index in [1.54, 1.807) is 0 Å². The molecule has 2 N–H and O–H groups in total. The summed E-state index contributed by atoms with van der Waals surface area (Å²) in [5.41, 5.74) is 1.37. The van der Waals surface area contributed by atoms with Crippen molar-refractivity contribution in [2.24, 2.45) is 5.92 Å². The normalized spacial score (nSPS) is 18.0. The molecule has 2 aliphatic rings. The highest BCUT2D eigenvalue weighted by atomic mass is 16.2. The van der Waals surface area contributed by atoms with Crippen LogP contribution in [-0.4, -0.2) is 34.0 Å². The first-order valence-electron chi connectivity index (χ1n) is 10.7. The fourth-order valence-electron chi connectivity index (χ4n) is 4.13. The zero-order valence-corrected chi connectivity index (χ0v) is 16.9. The molecule has 0 radical (unpaired) electrons. The zero-order chi connectivity index (χ0) is 19.2. The van der Waals surface area contributed by atoms with Crippen molar-refractivity contribution in [1.82, 2.24) is 20.2 Å². The number of carbonyl (C=O) groups excluding carboxylic acids is 2. The first-order chi connectivity index (χ1) is 13.1. The maximum atomic E-state index is 12.9.